The molecule has 0 aliphatic heterocycles. The van der Waals surface area contributed by atoms with Crippen LogP contribution in [0.4, 0.5) is 0 Å². The van der Waals surface area contributed by atoms with Gasteiger partial charge in [0.15, 0.2) is 0 Å². The van der Waals surface area contributed by atoms with Gasteiger partial charge in [0.2, 0.25) is 0 Å². The summed E-state index contributed by atoms with van der Waals surface area (Å²) in [7, 11) is 1.59. The van der Waals surface area contributed by atoms with Crippen molar-refractivity contribution in [1.82, 2.24) is 0 Å². The number of methoxy groups -OCH3 is 1. The Bertz CT molecular complexity index is 424. The van der Waals surface area contributed by atoms with Gasteiger partial charge in [0.05, 0.1) is 19.1 Å². The van der Waals surface area contributed by atoms with Crippen LogP contribution in [-0.2, 0) is 11.2 Å². The van der Waals surface area contributed by atoms with Crippen molar-refractivity contribution in [3.63, 3.8) is 0 Å². The Hall–Kier alpha value is -1.71. The van der Waals surface area contributed by atoms with Gasteiger partial charge in [-0.3, -0.25) is 4.79 Å². The first-order valence-electron chi connectivity index (χ1n) is 5.94. The molecule has 0 aromatic heterocycles. The molecule has 4 heteroatoms. The van der Waals surface area contributed by atoms with Gasteiger partial charge in [0, 0.05) is 6.07 Å². The number of ether oxygens (including phenoxy) is 2. The quantitative estimate of drug-likeness (QED) is 0.845. The van der Waals surface area contributed by atoms with Gasteiger partial charge in [-0.25, -0.2) is 0 Å². The van der Waals surface area contributed by atoms with Crippen LogP contribution in [0.15, 0.2) is 18.2 Å². The molecule has 0 atom stereocenters. The number of carboxylic acid groups (broad SMARTS) is 1. The van der Waals surface area contributed by atoms with Gasteiger partial charge >= 0.3 is 5.97 Å². The highest BCUT2D eigenvalue weighted by atomic mass is 16.5. The van der Waals surface area contributed by atoms with Gasteiger partial charge in [0.25, 0.3) is 0 Å². The van der Waals surface area contributed by atoms with Crippen LogP contribution < -0.4 is 9.47 Å². The van der Waals surface area contributed by atoms with E-state index in [0.717, 1.165) is 5.56 Å². The van der Waals surface area contributed by atoms with E-state index in [-0.39, 0.29) is 0 Å². The number of rotatable bonds is 6. The lowest BCUT2D eigenvalue weighted by atomic mass is 9.85. The van der Waals surface area contributed by atoms with Gasteiger partial charge in [-0.1, -0.05) is 6.07 Å². The van der Waals surface area contributed by atoms with E-state index in [0.29, 0.717) is 24.5 Å². The van der Waals surface area contributed by atoms with Gasteiger partial charge in [-0.2, -0.15) is 0 Å². The Kier molecular flexibility index (Phi) is 4.59. The van der Waals surface area contributed by atoms with Crippen LogP contribution in [0.5, 0.6) is 11.5 Å². The lowest BCUT2D eigenvalue weighted by Gasteiger charge is -2.21. The molecule has 18 heavy (non-hydrogen) atoms. The zero-order valence-corrected chi connectivity index (χ0v) is 11.3. The zero-order valence-electron chi connectivity index (χ0n) is 11.3. The maximum atomic E-state index is 11.2. The van der Waals surface area contributed by atoms with Crippen molar-refractivity contribution < 1.29 is 19.4 Å². The topological polar surface area (TPSA) is 55.8 Å². The molecule has 4 nitrogen and oxygen atoms in total. The minimum absolute atomic E-state index is 0.418. The Balaban J connectivity index is 3.04. The second kappa shape index (κ2) is 5.76. The largest absolute Gasteiger partial charge is 0.497 e. The predicted octanol–water partition coefficient (Wildman–Crippen LogP) is 2.75. The molecule has 0 aliphatic rings. The maximum Gasteiger partial charge on any atom is 0.309 e. The standard InChI is InChI=1S/C14H20O4/c1-5-18-12-8-11(17-4)7-6-10(12)9-14(2,3)13(15)16/h6-8H,5,9H2,1-4H3,(H,15,16). The number of carboxylic acids is 1. The zero-order chi connectivity index (χ0) is 13.8. The average Bonchev–Trinajstić information content (AvgIpc) is 2.31. The van der Waals surface area contributed by atoms with Crippen molar-refractivity contribution >= 4 is 5.97 Å². The van der Waals surface area contributed by atoms with E-state index in [9.17, 15) is 4.79 Å². The molecule has 1 aromatic carbocycles. The summed E-state index contributed by atoms with van der Waals surface area (Å²) >= 11 is 0. The Morgan fingerprint density at radius 1 is 1.39 bits per heavy atom. The van der Waals surface area contributed by atoms with E-state index >= 15 is 0 Å². The molecule has 0 amide bonds. The lowest BCUT2D eigenvalue weighted by Crippen LogP contribution is -2.26. The van der Waals surface area contributed by atoms with Crippen molar-refractivity contribution in [2.24, 2.45) is 5.41 Å². The molecular weight excluding hydrogens is 232 g/mol. The molecule has 0 bridgehead atoms. The second-order valence-corrected chi connectivity index (χ2v) is 4.77. The highest BCUT2D eigenvalue weighted by Crippen LogP contribution is 2.31. The molecule has 0 radical (unpaired) electrons. The first kappa shape index (κ1) is 14.4. The third-order valence-corrected chi connectivity index (χ3v) is 2.79. The summed E-state index contributed by atoms with van der Waals surface area (Å²) in [5.74, 6) is 0.572. The van der Waals surface area contributed by atoms with Crippen molar-refractivity contribution in [3.8, 4) is 11.5 Å². The van der Waals surface area contributed by atoms with Gasteiger partial charge in [0.1, 0.15) is 11.5 Å². The smallest absolute Gasteiger partial charge is 0.309 e. The summed E-state index contributed by atoms with van der Waals surface area (Å²) in [5, 5.41) is 9.16. The molecular formula is C14H20O4. The molecule has 1 aromatic rings. The summed E-state index contributed by atoms with van der Waals surface area (Å²) in [6, 6.07) is 5.46. The fraction of sp³-hybridized carbons (Fsp3) is 0.500. The van der Waals surface area contributed by atoms with Gasteiger partial charge < -0.3 is 14.6 Å². The monoisotopic (exact) mass is 252 g/mol. The predicted molar refractivity (Wildman–Crippen MR) is 69.3 cm³/mol. The van der Waals surface area contributed by atoms with E-state index in [1.165, 1.54) is 0 Å². The number of hydrogen-bond donors (Lipinski definition) is 1. The molecule has 1 N–H and O–H groups in total. The van der Waals surface area contributed by atoms with Gasteiger partial charge in [-0.15, -0.1) is 0 Å². The number of benzene rings is 1. The average molecular weight is 252 g/mol. The normalized spacial score (nSPS) is 11.1. The van der Waals surface area contributed by atoms with Gasteiger partial charge in [-0.05, 0) is 38.8 Å². The molecule has 0 saturated carbocycles. The van der Waals surface area contributed by atoms with Crippen molar-refractivity contribution in [2.45, 2.75) is 27.2 Å². The minimum atomic E-state index is -0.819. The van der Waals surface area contributed by atoms with E-state index in [4.69, 9.17) is 14.6 Å². The minimum Gasteiger partial charge on any atom is -0.497 e. The van der Waals surface area contributed by atoms with Crippen molar-refractivity contribution in [3.05, 3.63) is 23.8 Å². The summed E-state index contributed by atoms with van der Waals surface area (Å²) < 4.78 is 10.7. The van der Waals surface area contributed by atoms with E-state index < -0.39 is 11.4 Å². The molecule has 100 valence electrons. The van der Waals surface area contributed by atoms with Crippen LogP contribution in [0.25, 0.3) is 0 Å². The van der Waals surface area contributed by atoms with Crippen LogP contribution in [0, 0.1) is 5.41 Å². The van der Waals surface area contributed by atoms with Crippen LogP contribution in [-0.4, -0.2) is 24.8 Å². The number of hydrogen-bond acceptors (Lipinski definition) is 3. The van der Waals surface area contributed by atoms with E-state index in [2.05, 4.69) is 0 Å². The summed E-state index contributed by atoms with van der Waals surface area (Å²) in [6.07, 6.45) is 0.418. The Morgan fingerprint density at radius 2 is 2.06 bits per heavy atom. The van der Waals surface area contributed by atoms with E-state index in [1.54, 1.807) is 27.0 Å². The molecule has 0 aliphatic carbocycles. The fourth-order valence-corrected chi connectivity index (χ4v) is 1.65. The highest BCUT2D eigenvalue weighted by molar-refractivity contribution is 5.74. The van der Waals surface area contributed by atoms with Crippen LogP contribution >= 0.6 is 0 Å². The molecule has 0 heterocycles. The number of carbonyl (C=O) groups is 1. The van der Waals surface area contributed by atoms with Crippen LogP contribution in [0.1, 0.15) is 26.3 Å². The Morgan fingerprint density at radius 3 is 2.56 bits per heavy atom. The fourth-order valence-electron chi connectivity index (χ4n) is 1.65. The molecule has 1 rings (SSSR count). The molecule has 0 unspecified atom stereocenters. The maximum absolute atomic E-state index is 11.2. The second-order valence-electron chi connectivity index (χ2n) is 4.77. The third-order valence-electron chi connectivity index (χ3n) is 2.79. The molecule has 0 saturated heterocycles. The molecule has 0 fully saturated rings. The summed E-state index contributed by atoms with van der Waals surface area (Å²) in [4.78, 5) is 11.2. The summed E-state index contributed by atoms with van der Waals surface area (Å²) in [6.45, 7) is 5.84. The highest BCUT2D eigenvalue weighted by Gasteiger charge is 2.28. The number of aliphatic carboxylic acids is 1. The van der Waals surface area contributed by atoms with Crippen molar-refractivity contribution in [2.75, 3.05) is 13.7 Å². The first-order valence-corrected chi connectivity index (χ1v) is 5.94. The SMILES string of the molecule is CCOc1cc(OC)ccc1CC(C)(C)C(=O)O. The van der Waals surface area contributed by atoms with Crippen molar-refractivity contribution in [1.29, 1.82) is 0 Å². The first-order chi connectivity index (χ1) is 8.40. The molecule has 0 spiro atoms. The Labute approximate surface area is 108 Å². The third kappa shape index (κ3) is 3.39. The lowest BCUT2D eigenvalue weighted by molar-refractivity contribution is -0.146. The van der Waals surface area contributed by atoms with Crippen LogP contribution in [0.2, 0.25) is 0 Å². The van der Waals surface area contributed by atoms with Crippen LogP contribution in [0.3, 0.4) is 0 Å². The van der Waals surface area contributed by atoms with E-state index in [1.807, 2.05) is 19.1 Å². The summed E-state index contributed by atoms with van der Waals surface area (Å²) in [5.41, 5.74) is 0.0607.